The number of benzene rings is 6. The second-order valence-electron chi connectivity index (χ2n) is 10.5. The van der Waals surface area contributed by atoms with Crippen LogP contribution in [0.1, 0.15) is 11.1 Å². The molecule has 0 atom stereocenters. The first-order valence-corrected chi connectivity index (χ1v) is 13.8. The van der Waals surface area contributed by atoms with E-state index < -0.39 is 0 Å². The summed E-state index contributed by atoms with van der Waals surface area (Å²) in [4.78, 5) is 0. The highest BCUT2D eigenvalue weighted by Gasteiger charge is 2.13. The van der Waals surface area contributed by atoms with E-state index in [1.165, 1.54) is 60.9 Å². The summed E-state index contributed by atoms with van der Waals surface area (Å²) in [5.41, 5.74) is 13.3. The van der Waals surface area contributed by atoms with Crippen molar-refractivity contribution in [1.82, 2.24) is 4.57 Å². The summed E-state index contributed by atoms with van der Waals surface area (Å²) in [6.45, 7) is 4.35. The number of nitrogens with zero attached hydrogens (tertiary/aromatic N) is 1. The quantitative estimate of drug-likeness (QED) is 0.242. The number of nitrogens with one attached hydrogen (secondary N) is 1. The molecule has 6 aromatic carbocycles. The average Bonchev–Trinajstić information content (AvgIpc) is 3.32. The molecule has 2 heteroatoms. The van der Waals surface area contributed by atoms with E-state index in [4.69, 9.17) is 0 Å². The van der Waals surface area contributed by atoms with Gasteiger partial charge in [0, 0.05) is 27.8 Å². The van der Waals surface area contributed by atoms with Gasteiger partial charge in [-0.15, -0.1) is 0 Å². The molecular weight excluding hydrogens is 484 g/mol. The first-order valence-electron chi connectivity index (χ1n) is 13.8. The van der Waals surface area contributed by atoms with Gasteiger partial charge in [0.2, 0.25) is 0 Å². The molecule has 2 nitrogen and oxygen atoms in total. The van der Waals surface area contributed by atoms with Gasteiger partial charge >= 0.3 is 0 Å². The van der Waals surface area contributed by atoms with Gasteiger partial charge in [-0.1, -0.05) is 91.0 Å². The molecule has 192 valence electrons. The van der Waals surface area contributed by atoms with Crippen molar-refractivity contribution in [1.29, 1.82) is 0 Å². The van der Waals surface area contributed by atoms with E-state index in [9.17, 15) is 0 Å². The lowest BCUT2D eigenvalue weighted by Crippen LogP contribution is -1.94. The molecule has 0 saturated carbocycles. The van der Waals surface area contributed by atoms with E-state index in [1.807, 2.05) is 0 Å². The average molecular weight is 515 g/mol. The van der Waals surface area contributed by atoms with E-state index in [-0.39, 0.29) is 0 Å². The van der Waals surface area contributed by atoms with Crippen LogP contribution < -0.4 is 5.32 Å². The van der Waals surface area contributed by atoms with Crippen molar-refractivity contribution < 1.29 is 0 Å². The van der Waals surface area contributed by atoms with Gasteiger partial charge in [-0.25, -0.2) is 0 Å². The van der Waals surface area contributed by atoms with Gasteiger partial charge in [-0.2, -0.15) is 0 Å². The fraction of sp³-hybridized carbons (Fsp3) is 0.0526. The van der Waals surface area contributed by atoms with Gasteiger partial charge in [-0.3, -0.25) is 0 Å². The van der Waals surface area contributed by atoms with Crippen molar-refractivity contribution in [2.24, 2.45) is 0 Å². The van der Waals surface area contributed by atoms with Crippen molar-refractivity contribution in [3.05, 3.63) is 151 Å². The molecule has 0 amide bonds. The zero-order valence-corrected chi connectivity index (χ0v) is 22.7. The van der Waals surface area contributed by atoms with Crippen LogP contribution in [0.4, 0.5) is 11.4 Å². The third-order valence-electron chi connectivity index (χ3n) is 7.86. The molecule has 0 aliphatic carbocycles. The van der Waals surface area contributed by atoms with Crippen LogP contribution in [0.3, 0.4) is 0 Å². The van der Waals surface area contributed by atoms with Crippen molar-refractivity contribution in [2.45, 2.75) is 13.8 Å². The van der Waals surface area contributed by atoms with E-state index in [1.54, 1.807) is 0 Å². The summed E-state index contributed by atoms with van der Waals surface area (Å²) in [5, 5.41) is 6.13. The van der Waals surface area contributed by atoms with Gasteiger partial charge in [0.25, 0.3) is 0 Å². The maximum atomic E-state index is 3.59. The Bertz CT molecular complexity index is 1980. The Morgan fingerprint density at radius 1 is 0.450 bits per heavy atom. The minimum Gasteiger partial charge on any atom is -0.356 e. The van der Waals surface area contributed by atoms with Gasteiger partial charge in [-0.05, 0) is 95.8 Å². The van der Waals surface area contributed by atoms with E-state index >= 15 is 0 Å². The third-order valence-corrected chi connectivity index (χ3v) is 7.86. The fourth-order valence-electron chi connectivity index (χ4n) is 5.84. The summed E-state index contributed by atoms with van der Waals surface area (Å²) in [7, 11) is 0. The number of hydrogen-bond donors (Lipinski definition) is 1. The normalized spacial score (nSPS) is 11.2. The predicted octanol–water partition coefficient (Wildman–Crippen LogP) is 10.5. The van der Waals surface area contributed by atoms with Crippen LogP contribution in [-0.2, 0) is 0 Å². The third kappa shape index (κ3) is 4.24. The van der Waals surface area contributed by atoms with Crippen LogP contribution in [0.15, 0.2) is 140 Å². The standard InChI is InChI=1S/C38H30N2/c1-26-10-6-7-13-33(26)34-23-21-31(24-27(34)2)39-30-19-16-28(17-20-30)29-18-22-36-35-14-8-9-15-37(35)40(38(36)25-29)32-11-4-3-5-12-32/h3-25,39H,1-2H3. The van der Waals surface area contributed by atoms with Gasteiger partial charge in [0.05, 0.1) is 11.0 Å². The van der Waals surface area contributed by atoms with E-state index in [2.05, 4.69) is 163 Å². The highest BCUT2D eigenvalue weighted by atomic mass is 15.0. The Labute approximate surface area is 235 Å². The molecular formula is C38H30N2. The number of aryl methyl sites for hydroxylation is 2. The van der Waals surface area contributed by atoms with Crippen LogP contribution in [0.25, 0.3) is 49.7 Å². The number of aromatic nitrogens is 1. The summed E-state index contributed by atoms with van der Waals surface area (Å²) >= 11 is 0. The van der Waals surface area contributed by atoms with Crippen LogP contribution in [0.2, 0.25) is 0 Å². The van der Waals surface area contributed by atoms with Crippen molar-refractivity contribution in [3.8, 4) is 27.9 Å². The first-order chi connectivity index (χ1) is 19.7. The fourth-order valence-corrected chi connectivity index (χ4v) is 5.84. The van der Waals surface area contributed by atoms with Crippen LogP contribution in [-0.4, -0.2) is 4.57 Å². The molecule has 0 fully saturated rings. The van der Waals surface area contributed by atoms with E-state index in [0.29, 0.717) is 0 Å². The number of fused-ring (bicyclic) bond motifs is 3. The SMILES string of the molecule is Cc1ccccc1-c1ccc(Nc2ccc(-c3ccc4c5ccccc5n(-c5ccccc5)c4c3)cc2)cc1C. The molecule has 7 rings (SSSR count). The molecule has 0 spiro atoms. The lowest BCUT2D eigenvalue weighted by atomic mass is 9.96. The molecule has 0 radical (unpaired) electrons. The summed E-state index contributed by atoms with van der Waals surface area (Å²) in [6.07, 6.45) is 0. The molecule has 0 saturated heterocycles. The number of anilines is 2. The number of rotatable bonds is 5. The zero-order chi connectivity index (χ0) is 27.1. The first kappa shape index (κ1) is 24.0. The molecule has 0 unspecified atom stereocenters. The predicted molar refractivity (Wildman–Crippen MR) is 171 cm³/mol. The lowest BCUT2D eigenvalue weighted by molar-refractivity contribution is 1.18. The molecule has 0 aliphatic rings. The highest BCUT2D eigenvalue weighted by molar-refractivity contribution is 6.10. The monoisotopic (exact) mass is 514 g/mol. The van der Waals surface area contributed by atoms with Crippen LogP contribution in [0, 0.1) is 13.8 Å². The second kappa shape index (κ2) is 9.91. The van der Waals surface area contributed by atoms with Gasteiger partial charge in [0.1, 0.15) is 0 Å². The molecule has 1 heterocycles. The zero-order valence-electron chi connectivity index (χ0n) is 22.7. The van der Waals surface area contributed by atoms with Crippen molar-refractivity contribution in [2.75, 3.05) is 5.32 Å². The summed E-state index contributed by atoms with van der Waals surface area (Å²) in [5.74, 6) is 0. The Morgan fingerprint density at radius 2 is 1.10 bits per heavy atom. The minimum atomic E-state index is 1.08. The largest absolute Gasteiger partial charge is 0.356 e. The molecule has 7 aromatic rings. The van der Waals surface area contributed by atoms with Gasteiger partial charge < -0.3 is 9.88 Å². The topological polar surface area (TPSA) is 17.0 Å². The second-order valence-corrected chi connectivity index (χ2v) is 10.5. The summed E-state index contributed by atoms with van der Waals surface area (Å²) < 4.78 is 2.37. The smallest absolute Gasteiger partial charge is 0.0547 e. The molecule has 0 bridgehead atoms. The lowest BCUT2D eigenvalue weighted by Gasteiger charge is -2.13. The van der Waals surface area contributed by atoms with Gasteiger partial charge in [0.15, 0.2) is 0 Å². The summed E-state index contributed by atoms with van der Waals surface area (Å²) in [6, 6.07) is 50.0. The number of hydrogen-bond acceptors (Lipinski definition) is 1. The van der Waals surface area contributed by atoms with Crippen molar-refractivity contribution in [3.63, 3.8) is 0 Å². The molecule has 40 heavy (non-hydrogen) atoms. The molecule has 1 N–H and O–H groups in total. The maximum absolute atomic E-state index is 3.59. The Kier molecular flexibility index (Phi) is 5.94. The Balaban J connectivity index is 1.20. The molecule has 0 aliphatic heterocycles. The van der Waals surface area contributed by atoms with Crippen molar-refractivity contribution >= 4 is 33.2 Å². The van der Waals surface area contributed by atoms with E-state index in [0.717, 1.165) is 11.4 Å². The highest BCUT2D eigenvalue weighted by Crippen LogP contribution is 2.35. The van der Waals surface area contributed by atoms with Crippen LogP contribution in [0.5, 0.6) is 0 Å². The van der Waals surface area contributed by atoms with Crippen LogP contribution >= 0.6 is 0 Å². The minimum absolute atomic E-state index is 1.08. The Hall–Kier alpha value is -5.08. The maximum Gasteiger partial charge on any atom is 0.0547 e. The Morgan fingerprint density at radius 3 is 1.90 bits per heavy atom. The number of para-hydroxylation sites is 2. The molecule has 1 aromatic heterocycles.